The summed E-state index contributed by atoms with van der Waals surface area (Å²) >= 11 is 0. The van der Waals surface area contributed by atoms with Crippen LogP contribution in [0.5, 0.6) is 0 Å². The van der Waals surface area contributed by atoms with Crippen molar-refractivity contribution in [1.29, 1.82) is 0 Å². The van der Waals surface area contributed by atoms with Crippen molar-refractivity contribution in [2.24, 2.45) is 5.92 Å². The van der Waals surface area contributed by atoms with Gasteiger partial charge in [-0.15, -0.1) is 0 Å². The highest BCUT2D eigenvalue weighted by Gasteiger charge is 2.37. The fourth-order valence-corrected chi connectivity index (χ4v) is 4.39. The first kappa shape index (κ1) is 14.8. The van der Waals surface area contributed by atoms with Crippen molar-refractivity contribution >= 4 is 17.0 Å². The van der Waals surface area contributed by atoms with Crippen molar-refractivity contribution in [3.8, 4) is 0 Å². The third kappa shape index (κ3) is 2.48. The van der Waals surface area contributed by atoms with Crippen LogP contribution in [0, 0.1) is 12.8 Å². The molecule has 0 saturated heterocycles. The van der Waals surface area contributed by atoms with Crippen LogP contribution < -0.4 is 5.32 Å². The normalized spacial score (nSPS) is 20.7. The summed E-state index contributed by atoms with van der Waals surface area (Å²) in [5.41, 5.74) is 8.19. The van der Waals surface area contributed by atoms with E-state index in [0.717, 1.165) is 5.92 Å². The van der Waals surface area contributed by atoms with E-state index >= 15 is 0 Å². The molecule has 0 spiro atoms. The minimum absolute atomic E-state index is 0.363. The molecule has 2 nitrogen and oxygen atoms in total. The Kier molecular flexibility index (Phi) is 3.27. The number of aryl methyl sites for hydroxylation is 1. The van der Waals surface area contributed by atoms with Crippen LogP contribution in [0.2, 0.25) is 0 Å². The predicted molar refractivity (Wildman–Crippen MR) is 104 cm³/mol. The molecule has 1 aromatic heterocycles. The van der Waals surface area contributed by atoms with E-state index in [1.54, 1.807) is 0 Å². The number of fused-ring (bicyclic) bond motifs is 2. The summed E-state index contributed by atoms with van der Waals surface area (Å²) in [6, 6.07) is 15.9. The average Bonchev–Trinajstić information content (AvgIpc) is 3.35. The van der Waals surface area contributed by atoms with Crippen molar-refractivity contribution in [1.82, 2.24) is 10.3 Å². The maximum Gasteiger partial charge on any atom is 0.0488 e. The Morgan fingerprint density at radius 1 is 1.08 bits per heavy atom. The summed E-state index contributed by atoms with van der Waals surface area (Å²) in [6.07, 6.45) is 7.29. The molecular weight excluding hydrogens is 304 g/mol. The van der Waals surface area contributed by atoms with Gasteiger partial charge in [-0.05, 0) is 61.4 Å². The van der Waals surface area contributed by atoms with Crippen molar-refractivity contribution in [2.75, 3.05) is 0 Å². The molecule has 2 aliphatic rings. The Labute approximate surface area is 149 Å². The monoisotopic (exact) mass is 328 g/mol. The van der Waals surface area contributed by atoms with Gasteiger partial charge in [0.15, 0.2) is 0 Å². The van der Waals surface area contributed by atoms with E-state index in [1.165, 1.54) is 51.7 Å². The number of rotatable bonds is 3. The molecule has 1 aliphatic heterocycles. The van der Waals surface area contributed by atoms with E-state index in [-0.39, 0.29) is 0 Å². The first-order valence-corrected chi connectivity index (χ1v) is 9.35. The fraction of sp³-hybridized carbons (Fsp3) is 0.304. The molecular formula is C23H24N2. The van der Waals surface area contributed by atoms with Crippen LogP contribution in [0.25, 0.3) is 17.0 Å². The highest BCUT2D eigenvalue weighted by molar-refractivity contribution is 5.84. The lowest BCUT2D eigenvalue weighted by atomic mass is 9.85. The third-order valence-corrected chi connectivity index (χ3v) is 5.79. The van der Waals surface area contributed by atoms with Crippen LogP contribution >= 0.6 is 0 Å². The average molecular weight is 328 g/mol. The van der Waals surface area contributed by atoms with Crippen LogP contribution in [0.4, 0.5) is 0 Å². The van der Waals surface area contributed by atoms with E-state index in [4.69, 9.17) is 0 Å². The molecule has 1 aliphatic carbocycles. The first-order chi connectivity index (χ1) is 12.2. The van der Waals surface area contributed by atoms with Gasteiger partial charge in [0, 0.05) is 34.8 Å². The lowest BCUT2D eigenvalue weighted by Crippen LogP contribution is -2.27. The Morgan fingerprint density at radius 3 is 2.76 bits per heavy atom. The topological polar surface area (TPSA) is 27.8 Å². The van der Waals surface area contributed by atoms with Crippen molar-refractivity contribution in [3.05, 3.63) is 76.6 Å². The molecule has 0 bridgehead atoms. The summed E-state index contributed by atoms with van der Waals surface area (Å²) in [7, 11) is 0. The fourth-order valence-electron chi connectivity index (χ4n) is 4.39. The van der Waals surface area contributed by atoms with Gasteiger partial charge in [0.1, 0.15) is 0 Å². The number of nitrogens with one attached hydrogen (secondary N) is 2. The van der Waals surface area contributed by atoms with Gasteiger partial charge in [-0.1, -0.05) is 42.0 Å². The Balaban J connectivity index is 1.64. The number of para-hydroxylation sites is 1. The second-order valence-electron chi connectivity index (χ2n) is 7.70. The van der Waals surface area contributed by atoms with E-state index in [1.807, 2.05) is 0 Å². The summed E-state index contributed by atoms with van der Waals surface area (Å²) < 4.78 is 0. The Bertz CT molecular complexity index is 975. The minimum Gasteiger partial charge on any atom is -0.381 e. The first-order valence-electron chi connectivity index (χ1n) is 9.35. The van der Waals surface area contributed by atoms with E-state index in [9.17, 15) is 0 Å². The van der Waals surface area contributed by atoms with Crippen LogP contribution in [0.1, 0.15) is 54.0 Å². The van der Waals surface area contributed by atoms with Gasteiger partial charge in [-0.2, -0.15) is 0 Å². The molecule has 0 radical (unpaired) electrons. The van der Waals surface area contributed by atoms with Gasteiger partial charge in [0.2, 0.25) is 0 Å². The molecule has 25 heavy (non-hydrogen) atoms. The standard InChI is InChI=1S/C23H24N2/c1-14-7-10-18-15(2)25-22(12-17(18)11-14)23(16-8-9-16)20-13-24-21-6-4-3-5-19(20)21/h3-7,10-13,15-16,23-25H,8-9H2,1-2H3. The molecule has 3 aromatic rings. The van der Waals surface area contributed by atoms with Crippen LogP contribution in [-0.2, 0) is 0 Å². The van der Waals surface area contributed by atoms with Gasteiger partial charge >= 0.3 is 0 Å². The second kappa shape index (κ2) is 5.52. The largest absolute Gasteiger partial charge is 0.381 e. The SMILES string of the molecule is Cc1ccc2c(c1)C=C(C(c1c[nH]c3ccccc13)C1CC1)NC2C. The molecule has 5 rings (SSSR count). The molecule has 126 valence electrons. The molecule has 2 heterocycles. The van der Waals surface area contributed by atoms with Crippen molar-refractivity contribution in [3.63, 3.8) is 0 Å². The third-order valence-electron chi connectivity index (χ3n) is 5.79. The van der Waals surface area contributed by atoms with E-state index in [0.29, 0.717) is 12.0 Å². The smallest absolute Gasteiger partial charge is 0.0488 e. The lowest BCUT2D eigenvalue weighted by molar-refractivity contribution is 0.563. The minimum atomic E-state index is 0.363. The Morgan fingerprint density at radius 2 is 1.92 bits per heavy atom. The van der Waals surface area contributed by atoms with Crippen molar-refractivity contribution < 1.29 is 0 Å². The second-order valence-corrected chi connectivity index (χ2v) is 7.70. The van der Waals surface area contributed by atoms with E-state index < -0.39 is 0 Å². The molecule has 0 amide bonds. The number of benzene rings is 2. The molecule has 2 N–H and O–H groups in total. The van der Waals surface area contributed by atoms with Gasteiger partial charge in [-0.25, -0.2) is 0 Å². The molecule has 2 heteroatoms. The molecule has 2 unspecified atom stereocenters. The molecule has 1 fully saturated rings. The summed E-state index contributed by atoms with van der Waals surface area (Å²) in [5, 5.41) is 5.18. The maximum absolute atomic E-state index is 3.81. The summed E-state index contributed by atoms with van der Waals surface area (Å²) in [4.78, 5) is 3.47. The van der Waals surface area contributed by atoms with Crippen LogP contribution in [0.3, 0.4) is 0 Å². The highest BCUT2D eigenvalue weighted by Crippen LogP contribution is 2.49. The van der Waals surface area contributed by atoms with Gasteiger partial charge < -0.3 is 10.3 Å². The number of hydrogen-bond donors (Lipinski definition) is 2. The molecule has 2 atom stereocenters. The summed E-state index contributed by atoms with van der Waals surface area (Å²) in [6.45, 7) is 4.46. The highest BCUT2D eigenvalue weighted by atomic mass is 14.9. The number of H-pyrrole nitrogens is 1. The van der Waals surface area contributed by atoms with Crippen molar-refractivity contribution in [2.45, 2.75) is 38.6 Å². The lowest BCUT2D eigenvalue weighted by Gasteiger charge is -2.30. The van der Waals surface area contributed by atoms with Gasteiger partial charge in [0.05, 0.1) is 0 Å². The Hall–Kier alpha value is -2.48. The maximum atomic E-state index is 3.81. The van der Waals surface area contributed by atoms with Crippen LogP contribution in [-0.4, -0.2) is 4.98 Å². The van der Waals surface area contributed by atoms with E-state index in [2.05, 4.69) is 78.9 Å². The number of aromatic amines is 1. The van der Waals surface area contributed by atoms with Gasteiger partial charge in [0.25, 0.3) is 0 Å². The number of aromatic nitrogens is 1. The molecule has 1 saturated carbocycles. The zero-order valence-electron chi connectivity index (χ0n) is 14.8. The number of hydrogen-bond acceptors (Lipinski definition) is 1. The quantitative estimate of drug-likeness (QED) is 0.636. The predicted octanol–water partition coefficient (Wildman–Crippen LogP) is 5.68. The molecule has 2 aromatic carbocycles. The summed E-state index contributed by atoms with van der Waals surface area (Å²) in [5.74, 6) is 1.23. The number of allylic oxidation sites excluding steroid dienone is 1. The van der Waals surface area contributed by atoms with Gasteiger partial charge in [-0.3, -0.25) is 0 Å². The zero-order valence-corrected chi connectivity index (χ0v) is 14.8. The van der Waals surface area contributed by atoms with Crippen LogP contribution in [0.15, 0.2) is 54.4 Å². The zero-order chi connectivity index (χ0) is 17.0.